The molecule has 30 heavy (non-hydrogen) atoms. The largest absolute Gasteiger partial charge is 0.508 e. The molecule has 0 saturated carbocycles. The highest BCUT2D eigenvalue weighted by Gasteiger charge is 2.18. The first-order valence-electron chi connectivity index (χ1n) is 9.20. The van der Waals surface area contributed by atoms with Crippen molar-refractivity contribution in [3.63, 3.8) is 0 Å². The number of carbonyl (C=O) groups is 4. The van der Waals surface area contributed by atoms with Gasteiger partial charge in [-0.1, -0.05) is 6.07 Å². The fourth-order valence-electron chi connectivity index (χ4n) is 2.53. The van der Waals surface area contributed by atoms with E-state index in [-0.39, 0.29) is 30.3 Å². The highest BCUT2D eigenvalue weighted by molar-refractivity contribution is 5.96. The van der Waals surface area contributed by atoms with Crippen molar-refractivity contribution >= 4 is 35.1 Å². The second kappa shape index (κ2) is 10.6. The van der Waals surface area contributed by atoms with Crippen molar-refractivity contribution in [2.24, 2.45) is 0 Å². The van der Waals surface area contributed by atoms with Gasteiger partial charge in [-0.05, 0) is 49.4 Å². The zero-order chi connectivity index (χ0) is 22.1. The summed E-state index contributed by atoms with van der Waals surface area (Å²) in [4.78, 5) is 48.8. The maximum Gasteiger partial charge on any atom is 0.338 e. The Morgan fingerprint density at radius 3 is 2.20 bits per heavy atom. The molecule has 2 aromatic rings. The molecular weight excluding hydrogens is 390 g/mol. The van der Waals surface area contributed by atoms with Crippen LogP contribution in [0.3, 0.4) is 0 Å². The number of hydrogen-bond acceptors (Lipinski definition) is 6. The Hall–Kier alpha value is -3.88. The lowest BCUT2D eigenvalue weighted by Crippen LogP contribution is -2.40. The van der Waals surface area contributed by atoms with E-state index in [1.54, 1.807) is 31.2 Å². The van der Waals surface area contributed by atoms with E-state index in [2.05, 4.69) is 10.6 Å². The Morgan fingerprint density at radius 2 is 1.63 bits per heavy atom. The van der Waals surface area contributed by atoms with Crippen LogP contribution in [0.1, 0.15) is 24.2 Å². The van der Waals surface area contributed by atoms with Crippen molar-refractivity contribution in [1.29, 1.82) is 0 Å². The lowest BCUT2D eigenvalue weighted by Gasteiger charge is -2.20. The first-order chi connectivity index (χ1) is 14.3. The first-order valence-corrected chi connectivity index (χ1v) is 9.20. The number of rotatable bonds is 8. The van der Waals surface area contributed by atoms with Gasteiger partial charge in [0.2, 0.25) is 11.8 Å². The summed E-state index contributed by atoms with van der Waals surface area (Å²) in [5.41, 5.74) is 1.22. The van der Waals surface area contributed by atoms with Gasteiger partial charge >= 0.3 is 5.97 Å². The standard InChI is InChI=1S/C21H23N3O6/c1-3-24(20(28)13-30-21(29)15-5-4-6-18(26)11-15)12-19(27)23-17-9-7-16(8-10-17)22-14(2)25/h4-11,26H,3,12-13H2,1-2H3,(H,22,25)(H,23,27). The zero-order valence-electron chi connectivity index (χ0n) is 16.7. The van der Waals surface area contributed by atoms with Crippen LogP contribution in [0.5, 0.6) is 5.75 Å². The summed E-state index contributed by atoms with van der Waals surface area (Å²) < 4.78 is 4.96. The molecule has 2 aromatic carbocycles. The van der Waals surface area contributed by atoms with Crippen LogP contribution in [0.2, 0.25) is 0 Å². The molecule has 0 unspecified atom stereocenters. The van der Waals surface area contributed by atoms with Gasteiger partial charge in [-0.3, -0.25) is 14.4 Å². The molecule has 0 aliphatic carbocycles. The Kier molecular flexibility index (Phi) is 7.92. The Morgan fingerprint density at radius 1 is 1.00 bits per heavy atom. The van der Waals surface area contributed by atoms with E-state index < -0.39 is 24.4 Å². The van der Waals surface area contributed by atoms with E-state index in [0.717, 1.165) is 0 Å². The lowest BCUT2D eigenvalue weighted by atomic mass is 10.2. The number of aromatic hydroxyl groups is 1. The van der Waals surface area contributed by atoms with Crippen molar-refractivity contribution in [3.8, 4) is 5.75 Å². The SMILES string of the molecule is CCN(CC(=O)Nc1ccc(NC(C)=O)cc1)C(=O)COC(=O)c1cccc(O)c1. The van der Waals surface area contributed by atoms with E-state index in [4.69, 9.17) is 4.74 Å². The van der Waals surface area contributed by atoms with Gasteiger partial charge in [0.15, 0.2) is 6.61 Å². The van der Waals surface area contributed by atoms with Crippen LogP contribution < -0.4 is 10.6 Å². The lowest BCUT2D eigenvalue weighted by molar-refractivity contribution is -0.137. The minimum Gasteiger partial charge on any atom is -0.508 e. The molecule has 158 valence electrons. The minimum absolute atomic E-state index is 0.0901. The molecule has 0 heterocycles. The van der Waals surface area contributed by atoms with E-state index in [1.165, 1.54) is 36.1 Å². The highest BCUT2D eigenvalue weighted by atomic mass is 16.5. The molecule has 9 nitrogen and oxygen atoms in total. The van der Waals surface area contributed by atoms with Crippen molar-refractivity contribution in [3.05, 3.63) is 54.1 Å². The summed E-state index contributed by atoms with van der Waals surface area (Å²) in [6.45, 7) is 2.60. The van der Waals surface area contributed by atoms with Crippen molar-refractivity contribution < 1.29 is 29.0 Å². The number of anilines is 2. The fourth-order valence-corrected chi connectivity index (χ4v) is 2.53. The summed E-state index contributed by atoms with van der Waals surface area (Å²) in [6, 6.07) is 12.1. The minimum atomic E-state index is -0.751. The second-order valence-corrected chi connectivity index (χ2v) is 6.34. The molecule has 0 bridgehead atoms. The fraction of sp³-hybridized carbons (Fsp3) is 0.238. The van der Waals surface area contributed by atoms with Gasteiger partial charge in [0.05, 0.1) is 12.1 Å². The molecule has 9 heteroatoms. The number of esters is 1. The molecule has 0 spiro atoms. The summed E-state index contributed by atoms with van der Waals surface area (Å²) in [7, 11) is 0. The summed E-state index contributed by atoms with van der Waals surface area (Å²) >= 11 is 0. The van der Waals surface area contributed by atoms with Gasteiger partial charge in [0.25, 0.3) is 5.91 Å². The van der Waals surface area contributed by atoms with Crippen molar-refractivity contribution in [2.45, 2.75) is 13.8 Å². The number of likely N-dealkylation sites (N-methyl/N-ethyl adjacent to an activating group) is 1. The predicted molar refractivity (Wildman–Crippen MR) is 110 cm³/mol. The zero-order valence-corrected chi connectivity index (χ0v) is 16.7. The molecule has 0 fully saturated rings. The Bertz CT molecular complexity index is 927. The topological polar surface area (TPSA) is 125 Å². The summed E-state index contributed by atoms with van der Waals surface area (Å²) in [5.74, 6) is -1.99. The van der Waals surface area contributed by atoms with E-state index in [9.17, 15) is 24.3 Å². The van der Waals surface area contributed by atoms with Gasteiger partial charge in [-0.25, -0.2) is 4.79 Å². The molecule has 3 N–H and O–H groups in total. The maximum atomic E-state index is 12.3. The molecule has 0 atom stereocenters. The molecule has 0 saturated heterocycles. The van der Waals surface area contributed by atoms with Gasteiger partial charge in [-0.2, -0.15) is 0 Å². The number of nitrogens with zero attached hydrogens (tertiary/aromatic N) is 1. The van der Waals surface area contributed by atoms with Crippen LogP contribution >= 0.6 is 0 Å². The van der Waals surface area contributed by atoms with Gasteiger partial charge in [-0.15, -0.1) is 0 Å². The quantitative estimate of drug-likeness (QED) is 0.569. The highest BCUT2D eigenvalue weighted by Crippen LogP contribution is 2.14. The monoisotopic (exact) mass is 413 g/mol. The number of phenolic OH excluding ortho intramolecular Hbond substituents is 1. The van der Waals surface area contributed by atoms with Crippen molar-refractivity contribution in [2.75, 3.05) is 30.3 Å². The molecule has 2 rings (SSSR count). The number of amides is 3. The molecule has 0 aliphatic rings. The van der Waals surface area contributed by atoms with Gasteiger partial charge in [0.1, 0.15) is 5.75 Å². The van der Waals surface area contributed by atoms with Crippen LogP contribution in [-0.2, 0) is 19.1 Å². The number of nitrogens with one attached hydrogen (secondary N) is 2. The third-order valence-corrected chi connectivity index (χ3v) is 3.97. The molecule has 0 aliphatic heterocycles. The van der Waals surface area contributed by atoms with Gasteiger partial charge < -0.3 is 25.4 Å². The second-order valence-electron chi connectivity index (χ2n) is 6.34. The molecular formula is C21H23N3O6. The number of hydrogen-bond donors (Lipinski definition) is 3. The third-order valence-electron chi connectivity index (χ3n) is 3.97. The number of benzene rings is 2. The van der Waals surface area contributed by atoms with Gasteiger partial charge in [0, 0.05) is 24.8 Å². The molecule has 0 aromatic heterocycles. The van der Waals surface area contributed by atoms with Crippen LogP contribution in [0.4, 0.5) is 11.4 Å². The molecule has 0 radical (unpaired) electrons. The number of ether oxygens (including phenoxy) is 1. The van der Waals surface area contributed by atoms with Crippen LogP contribution in [0, 0.1) is 0 Å². The maximum absolute atomic E-state index is 12.3. The van der Waals surface area contributed by atoms with Crippen LogP contribution in [0.15, 0.2) is 48.5 Å². The Labute approximate surface area is 173 Å². The number of carbonyl (C=O) groups excluding carboxylic acids is 4. The predicted octanol–water partition coefficient (Wildman–Crippen LogP) is 1.99. The Balaban J connectivity index is 1.85. The number of phenols is 1. The van der Waals surface area contributed by atoms with E-state index in [1.807, 2.05) is 0 Å². The van der Waals surface area contributed by atoms with Crippen LogP contribution in [0.25, 0.3) is 0 Å². The van der Waals surface area contributed by atoms with Crippen molar-refractivity contribution in [1.82, 2.24) is 4.90 Å². The van der Waals surface area contributed by atoms with E-state index >= 15 is 0 Å². The smallest absolute Gasteiger partial charge is 0.338 e. The van der Waals surface area contributed by atoms with Crippen LogP contribution in [-0.4, -0.2) is 53.4 Å². The average Bonchev–Trinajstić information content (AvgIpc) is 2.71. The van der Waals surface area contributed by atoms with E-state index in [0.29, 0.717) is 11.4 Å². The third kappa shape index (κ3) is 6.93. The first kappa shape index (κ1) is 22.4. The average molecular weight is 413 g/mol. The molecule has 3 amide bonds. The summed E-state index contributed by atoms with van der Waals surface area (Å²) in [5, 5.41) is 14.7. The normalized spacial score (nSPS) is 10.1. The summed E-state index contributed by atoms with van der Waals surface area (Å²) in [6.07, 6.45) is 0.